The quantitative estimate of drug-likeness (QED) is 0.778. The zero-order valence-electron chi connectivity index (χ0n) is 10.5. The van der Waals surface area contributed by atoms with Gasteiger partial charge in [-0.05, 0) is 28.9 Å². The largest absolute Gasteiger partial charge is 0.381 e. The lowest BCUT2D eigenvalue weighted by Crippen LogP contribution is -2.27. The minimum absolute atomic E-state index is 0.0897. The summed E-state index contributed by atoms with van der Waals surface area (Å²) in [5.41, 5.74) is 0.651. The lowest BCUT2D eigenvalue weighted by Gasteiger charge is -2.11. The highest BCUT2D eigenvalue weighted by atomic mass is 79.9. The van der Waals surface area contributed by atoms with Crippen molar-refractivity contribution in [2.24, 2.45) is 5.92 Å². The average Bonchev–Trinajstić information content (AvgIpc) is 2.28. The molecule has 0 saturated carbocycles. The van der Waals surface area contributed by atoms with Gasteiger partial charge >= 0.3 is 0 Å². The molecule has 0 aliphatic rings. The van der Waals surface area contributed by atoms with Gasteiger partial charge in [0.2, 0.25) is 0 Å². The van der Waals surface area contributed by atoms with E-state index in [1.807, 2.05) is 7.05 Å². The minimum Gasteiger partial charge on any atom is -0.381 e. The lowest BCUT2D eigenvalue weighted by atomic mass is 10.2. The molecule has 1 rings (SSSR count). The average molecular weight is 303 g/mol. The summed E-state index contributed by atoms with van der Waals surface area (Å²) in [6.07, 6.45) is 1.68. The standard InChI is InChI=1S/C11H19BrN4O/c1-8(2)7-16-11(17)10(12)9(6-15-16)14-5-4-13-3/h6,8,13-14H,4-5,7H2,1-3H3. The number of halogens is 1. The Morgan fingerprint density at radius 3 is 2.76 bits per heavy atom. The van der Waals surface area contributed by atoms with Crippen LogP contribution in [0.5, 0.6) is 0 Å². The van der Waals surface area contributed by atoms with E-state index >= 15 is 0 Å². The van der Waals surface area contributed by atoms with Gasteiger partial charge in [-0.2, -0.15) is 5.10 Å². The molecular formula is C11H19BrN4O. The molecule has 5 nitrogen and oxygen atoms in total. The van der Waals surface area contributed by atoms with E-state index in [0.29, 0.717) is 16.9 Å². The molecule has 0 bridgehead atoms. The Morgan fingerprint density at radius 2 is 2.18 bits per heavy atom. The van der Waals surface area contributed by atoms with E-state index in [2.05, 4.69) is 45.5 Å². The molecule has 0 fully saturated rings. The Hall–Kier alpha value is -0.880. The maximum absolute atomic E-state index is 12.0. The number of nitrogens with one attached hydrogen (secondary N) is 2. The van der Waals surface area contributed by atoms with Gasteiger partial charge in [0.1, 0.15) is 4.47 Å². The molecule has 0 amide bonds. The minimum atomic E-state index is -0.0897. The SMILES string of the molecule is CNCCNc1cnn(CC(C)C)c(=O)c1Br. The van der Waals surface area contributed by atoms with Crippen molar-refractivity contribution in [2.75, 3.05) is 25.5 Å². The molecule has 96 valence electrons. The van der Waals surface area contributed by atoms with Gasteiger partial charge in [0.25, 0.3) is 5.56 Å². The highest BCUT2D eigenvalue weighted by molar-refractivity contribution is 9.10. The molecule has 0 aliphatic carbocycles. The molecule has 17 heavy (non-hydrogen) atoms. The first-order valence-corrected chi connectivity index (χ1v) is 6.49. The smallest absolute Gasteiger partial charge is 0.283 e. The summed E-state index contributed by atoms with van der Waals surface area (Å²) in [5, 5.41) is 10.3. The van der Waals surface area contributed by atoms with Gasteiger partial charge in [-0.3, -0.25) is 4.79 Å². The molecule has 0 unspecified atom stereocenters. The van der Waals surface area contributed by atoms with Crippen LogP contribution in [-0.4, -0.2) is 29.9 Å². The Kier molecular flexibility index (Phi) is 5.64. The molecule has 0 spiro atoms. The van der Waals surface area contributed by atoms with E-state index < -0.39 is 0 Å². The molecule has 0 aliphatic heterocycles. The summed E-state index contributed by atoms with van der Waals surface area (Å²) in [5.74, 6) is 0.398. The molecule has 0 aromatic carbocycles. The van der Waals surface area contributed by atoms with Gasteiger partial charge in [-0.1, -0.05) is 13.8 Å². The number of anilines is 1. The van der Waals surface area contributed by atoms with Crippen LogP contribution in [0.3, 0.4) is 0 Å². The Morgan fingerprint density at radius 1 is 1.47 bits per heavy atom. The molecule has 1 heterocycles. The van der Waals surface area contributed by atoms with Crippen LogP contribution in [0.2, 0.25) is 0 Å². The Labute approximate surface area is 110 Å². The number of nitrogens with zero attached hydrogens (tertiary/aromatic N) is 2. The van der Waals surface area contributed by atoms with Crippen molar-refractivity contribution in [1.82, 2.24) is 15.1 Å². The van der Waals surface area contributed by atoms with Gasteiger partial charge < -0.3 is 10.6 Å². The van der Waals surface area contributed by atoms with Crippen molar-refractivity contribution in [3.8, 4) is 0 Å². The van der Waals surface area contributed by atoms with Crippen molar-refractivity contribution < 1.29 is 0 Å². The summed E-state index contributed by atoms with van der Waals surface area (Å²) in [6.45, 7) is 6.34. The van der Waals surface area contributed by atoms with E-state index in [4.69, 9.17) is 0 Å². The lowest BCUT2D eigenvalue weighted by molar-refractivity contribution is 0.462. The van der Waals surface area contributed by atoms with Crippen molar-refractivity contribution in [2.45, 2.75) is 20.4 Å². The van der Waals surface area contributed by atoms with Crippen molar-refractivity contribution in [1.29, 1.82) is 0 Å². The molecule has 2 N–H and O–H groups in total. The number of rotatable bonds is 6. The van der Waals surface area contributed by atoms with Crippen LogP contribution in [0.25, 0.3) is 0 Å². The zero-order valence-corrected chi connectivity index (χ0v) is 12.0. The van der Waals surface area contributed by atoms with E-state index in [-0.39, 0.29) is 5.56 Å². The summed E-state index contributed by atoms with van der Waals surface area (Å²) in [6, 6.07) is 0. The van der Waals surface area contributed by atoms with E-state index in [9.17, 15) is 4.79 Å². The van der Waals surface area contributed by atoms with Gasteiger partial charge in [0, 0.05) is 19.6 Å². The first-order chi connectivity index (χ1) is 8.06. The van der Waals surface area contributed by atoms with E-state index in [1.54, 1.807) is 6.20 Å². The Bertz CT molecular complexity index is 416. The Balaban J connectivity index is 2.83. The second kappa shape index (κ2) is 6.76. The predicted octanol–water partition coefficient (Wildman–Crippen LogP) is 1.29. The summed E-state index contributed by atoms with van der Waals surface area (Å²) in [4.78, 5) is 12.0. The molecule has 6 heteroatoms. The summed E-state index contributed by atoms with van der Waals surface area (Å²) in [7, 11) is 1.88. The van der Waals surface area contributed by atoms with Gasteiger partial charge in [-0.25, -0.2) is 4.68 Å². The van der Waals surface area contributed by atoms with E-state index in [0.717, 1.165) is 18.8 Å². The van der Waals surface area contributed by atoms with Gasteiger partial charge in [0.15, 0.2) is 0 Å². The number of hydrogen-bond donors (Lipinski definition) is 2. The highest BCUT2D eigenvalue weighted by Gasteiger charge is 2.09. The zero-order chi connectivity index (χ0) is 12.8. The third kappa shape index (κ3) is 4.12. The fourth-order valence-electron chi connectivity index (χ4n) is 1.39. The predicted molar refractivity (Wildman–Crippen MR) is 73.5 cm³/mol. The summed E-state index contributed by atoms with van der Waals surface area (Å²) < 4.78 is 2.03. The van der Waals surface area contributed by atoms with Crippen molar-refractivity contribution in [3.05, 3.63) is 21.0 Å². The third-order valence-corrected chi connectivity index (χ3v) is 2.98. The van der Waals surface area contributed by atoms with Crippen LogP contribution < -0.4 is 16.2 Å². The topological polar surface area (TPSA) is 59.0 Å². The monoisotopic (exact) mass is 302 g/mol. The second-order valence-electron chi connectivity index (χ2n) is 4.28. The summed E-state index contributed by atoms with van der Waals surface area (Å²) >= 11 is 3.32. The number of hydrogen-bond acceptors (Lipinski definition) is 4. The molecule has 0 radical (unpaired) electrons. The van der Waals surface area contributed by atoms with Crippen LogP contribution >= 0.6 is 15.9 Å². The maximum atomic E-state index is 12.0. The first-order valence-electron chi connectivity index (χ1n) is 5.70. The fourth-order valence-corrected chi connectivity index (χ4v) is 1.83. The van der Waals surface area contributed by atoms with E-state index in [1.165, 1.54) is 4.68 Å². The maximum Gasteiger partial charge on any atom is 0.283 e. The normalized spacial score (nSPS) is 10.9. The molecule has 0 atom stereocenters. The van der Waals surface area contributed by atoms with Crippen molar-refractivity contribution in [3.63, 3.8) is 0 Å². The van der Waals surface area contributed by atoms with Crippen LogP contribution in [-0.2, 0) is 6.54 Å². The molecule has 1 aromatic heterocycles. The van der Waals surface area contributed by atoms with Crippen LogP contribution in [0.15, 0.2) is 15.5 Å². The number of likely N-dealkylation sites (N-methyl/N-ethyl adjacent to an activating group) is 1. The molecular weight excluding hydrogens is 284 g/mol. The van der Waals surface area contributed by atoms with Crippen LogP contribution in [0.1, 0.15) is 13.8 Å². The van der Waals surface area contributed by atoms with Gasteiger partial charge in [0.05, 0.1) is 11.9 Å². The molecule has 1 aromatic rings. The third-order valence-electron chi connectivity index (χ3n) is 2.21. The number of aromatic nitrogens is 2. The highest BCUT2D eigenvalue weighted by Crippen LogP contribution is 2.15. The van der Waals surface area contributed by atoms with Crippen LogP contribution in [0.4, 0.5) is 5.69 Å². The van der Waals surface area contributed by atoms with Crippen molar-refractivity contribution >= 4 is 21.6 Å². The van der Waals surface area contributed by atoms with Crippen LogP contribution in [0, 0.1) is 5.92 Å². The second-order valence-corrected chi connectivity index (χ2v) is 5.08. The first kappa shape index (κ1) is 14.2. The molecule has 0 saturated heterocycles. The fraction of sp³-hybridized carbons (Fsp3) is 0.636. The van der Waals surface area contributed by atoms with Gasteiger partial charge in [-0.15, -0.1) is 0 Å².